The zero-order valence-corrected chi connectivity index (χ0v) is 10.0. The lowest BCUT2D eigenvalue weighted by atomic mass is 10.1. The number of rotatable bonds is 4. The van der Waals surface area contributed by atoms with E-state index in [0.29, 0.717) is 0 Å². The van der Waals surface area contributed by atoms with Crippen LogP contribution in [0.15, 0.2) is 12.1 Å². The molecule has 0 aliphatic heterocycles. The van der Waals surface area contributed by atoms with E-state index in [2.05, 4.69) is 4.74 Å². The normalized spacial score (nSPS) is 9.88. The molecule has 0 saturated carbocycles. The van der Waals surface area contributed by atoms with E-state index >= 15 is 0 Å². The van der Waals surface area contributed by atoms with Crippen molar-refractivity contribution in [3.8, 4) is 5.75 Å². The van der Waals surface area contributed by atoms with Gasteiger partial charge in [0.25, 0.3) is 5.78 Å². The molecule has 0 N–H and O–H groups in total. The van der Waals surface area contributed by atoms with Crippen molar-refractivity contribution in [2.24, 2.45) is 0 Å². The van der Waals surface area contributed by atoms with Gasteiger partial charge in [-0.3, -0.25) is 4.79 Å². The summed E-state index contributed by atoms with van der Waals surface area (Å²) in [6, 6.07) is 2.30. The molecule has 0 heterocycles. The zero-order valence-electron chi connectivity index (χ0n) is 9.25. The lowest BCUT2D eigenvalue weighted by Crippen LogP contribution is -2.19. The van der Waals surface area contributed by atoms with E-state index in [9.17, 15) is 14.0 Å². The van der Waals surface area contributed by atoms with Crippen LogP contribution in [0.3, 0.4) is 0 Å². The Morgan fingerprint density at radius 3 is 2.59 bits per heavy atom. The molecule has 0 unspecified atom stereocenters. The number of hydrogen-bond acceptors (Lipinski definition) is 4. The standard InChI is InChI=1S/C11H10ClFO4/c1-3-17-11(15)10(14)7-4-6(16-2)5-8(12)9(7)13/h4-5H,3H2,1-2H3. The molecule has 0 aliphatic carbocycles. The van der Waals surface area contributed by atoms with Crippen LogP contribution >= 0.6 is 11.6 Å². The Kier molecular flexibility index (Phi) is 4.45. The number of Topliss-reactive ketones (excluding diaryl/α,β-unsaturated/α-hetero) is 1. The van der Waals surface area contributed by atoms with E-state index in [0.717, 1.165) is 6.07 Å². The minimum atomic E-state index is -1.13. The maximum Gasteiger partial charge on any atom is 0.379 e. The van der Waals surface area contributed by atoms with Crippen LogP contribution in [0, 0.1) is 5.82 Å². The van der Waals surface area contributed by atoms with E-state index < -0.39 is 23.1 Å². The molecular weight excluding hydrogens is 251 g/mol. The Bertz CT molecular complexity index is 459. The van der Waals surface area contributed by atoms with Gasteiger partial charge in [0.2, 0.25) is 0 Å². The van der Waals surface area contributed by atoms with Crippen molar-refractivity contribution in [1.29, 1.82) is 0 Å². The van der Waals surface area contributed by atoms with E-state index in [-0.39, 0.29) is 17.4 Å². The minimum Gasteiger partial charge on any atom is -0.497 e. The molecular formula is C11H10ClFO4. The number of carbonyl (C=O) groups is 2. The molecule has 0 aromatic heterocycles. The van der Waals surface area contributed by atoms with Gasteiger partial charge in [-0.2, -0.15) is 0 Å². The second kappa shape index (κ2) is 5.63. The lowest BCUT2D eigenvalue weighted by molar-refractivity contribution is -0.137. The molecule has 1 aromatic rings. The third kappa shape index (κ3) is 2.94. The fourth-order valence-electron chi connectivity index (χ4n) is 1.15. The molecule has 0 bridgehead atoms. The molecule has 17 heavy (non-hydrogen) atoms. The minimum absolute atomic E-state index is 0.0316. The van der Waals surface area contributed by atoms with Crippen LogP contribution < -0.4 is 4.74 Å². The van der Waals surface area contributed by atoms with Crippen LogP contribution in [0.25, 0.3) is 0 Å². The largest absolute Gasteiger partial charge is 0.497 e. The first-order valence-electron chi connectivity index (χ1n) is 4.75. The highest BCUT2D eigenvalue weighted by atomic mass is 35.5. The molecule has 0 fully saturated rings. The Morgan fingerprint density at radius 2 is 2.06 bits per heavy atom. The van der Waals surface area contributed by atoms with Crippen LogP contribution in [-0.2, 0) is 9.53 Å². The third-order valence-corrected chi connectivity index (χ3v) is 2.22. The van der Waals surface area contributed by atoms with Crippen molar-refractivity contribution in [2.45, 2.75) is 6.92 Å². The maximum absolute atomic E-state index is 13.6. The topological polar surface area (TPSA) is 52.6 Å². The Morgan fingerprint density at radius 1 is 1.41 bits per heavy atom. The fraction of sp³-hybridized carbons (Fsp3) is 0.273. The van der Waals surface area contributed by atoms with Crippen LogP contribution in [0.1, 0.15) is 17.3 Å². The highest BCUT2D eigenvalue weighted by Crippen LogP contribution is 2.25. The maximum atomic E-state index is 13.6. The highest BCUT2D eigenvalue weighted by molar-refractivity contribution is 6.41. The number of benzene rings is 1. The molecule has 0 atom stereocenters. The molecule has 4 nitrogen and oxygen atoms in total. The molecule has 0 saturated heterocycles. The van der Waals surface area contributed by atoms with Crippen molar-refractivity contribution in [3.63, 3.8) is 0 Å². The third-order valence-electron chi connectivity index (χ3n) is 1.94. The number of halogens is 2. The van der Waals surface area contributed by atoms with Gasteiger partial charge in [0.1, 0.15) is 5.75 Å². The predicted molar refractivity (Wildman–Crippen MR) is 58.9 cm³/mol. The molecule has 92 valence electrons. The number of esters is 1. The molecule has 0 amide bonds. The average Bonchev–Trinajstić information content (AvgIpc) is 2.31. The van der Waals surface area contributed by atoms with E-state index in [1.165, 1.54) is 13.2 Å². The molecule has 0 radical (unpaired) electrons. The van der Waals surface area contributed by atoms with Gasteiger partial charge in [0.05, 0.1) is 24.3 Å². The van der Waals surface area contributed by atoms with Gasteiger partial charge in [0.15, 0.2) is 5.82 Å². The first-order valence-corrected chi connectivity index (χ1v) is 5.13. The van der Waals surface area contributed by atoms with Gasteiger partial charge in [-0.15, -0.1) is 0 Å². The summed E-state index contributed by atoms with van der Waals surface area (Å²) in [5, 5.41) is -0.294. The monoisotopic (exact) mass is 260 g/mol. The SMILES string of the molecule is CCOC(=O)C(=O)c1cc(OC)cc(Cl)c1F. The molecule has 1 rings (SSSR count). The summed E-state index contributed by atoms with van der Waals surface area (Å²) in [5.41, 5.74) is -0.465. The average molecular weight is 261 g/mol. The zero-order chi connectivity index (χ0) is 13.0. The summed E-state index contributed by atoms with van der Waals surface area (Å²) < 4.78 is 22.9. The van der Waals surface area contributed by atoms with Crippen LogP contribution in [0.5, 0.6) is 5.75 Å². The number of hydrogen-bond donors (Lipinski definition) is 0. The van der Waals surface area contributed by atoms with Crippen molar-refractivity contribution < 1.29 is 23.5 Å². The predicted octanol–water partition coefficient (Wildman–Crippen LogP) is 2.23. The van der Waals surface area contributed by atoms with Gasteiger partial charge < -0.3 is 9.47 Å². The summed E-state index contributed by atoms with van der Waals surface area (Å²) in [7, 11) is 1.34. The Balaban J connectivity index is 3.16. The highest BCUT2D eigenvalue weighted by Gasteiger charge is 2.23. The Hall–Kier alpha value is -1.62. The first-order chi connectivity index (χ1) is 8.01. The Labute approximate surface area is 102 Å². The molecule has 0 spiro atoms. The first kappa shape index (κ1) is 13.4. The van der Waals surface area contributed by atoms with Gasteiger partial charge >= 0.3 is 5.97 Å². The quantitative estimate of drug-likeness (QED) is 0.473. The number of ketones is 1. The summed E-state index contributed by atoms with van der Waals surface area (Å²) in [5.74, 6) is -3.00. The number of methoxy groups -OCH3 is 1. The second-order valence-corrected chi connectivity index (χ2v) is 3.43. The van der Waals surface area contributed by atoms with Gasteiger partial charge in [0, 0.05) is 6.07 Å². The number of ether oxygens (including phenoxy) is 2. The summed E-state index contributed by atoms with van der Waals surface area (Å²) >= 11 is 5.56. The second-order valence-electron chi connectivity index (χ2n) is 3.02. The molecule has 6 heteroatoms. The van der Waals surface area contributed by atoms with E-state index in [1.54, 1.807) is 6.92 Å². The van der Waals surface area contributed by atoms with Gasteiger partial charge in [-0.1, -0.05) is 11.6 Å². The van der Waals surface area contributed by atoms with Crippen molar-refractivity contribution in [2.75, 3.05) is 13.7 Å². The van der Waals surface area contributed by atoms with Crippen LogP contribution in [-0.4, -0.2) is 25.5 Å². The van der Waals surface area contributed by atoms with Crippen molar-refractivity contribution in [1.82, 2.24) is 0 Å². The van der Waals surface area contributed by atoms with Crippen LogP contribution in [0.4, 0.5) is 4.39 Å². The van der Waals surface area contributed by atoms with Crippen molar-refractivity contribution in [3.05, 3.63) is 28.5 Å². The smallest absolute Gasteiger partial charge is 0.379 e. The fourth-order valence-corrected chi connectivity index (χ4v) is 1.36. The summed E-state index contributed by atoms with van der Waals surface area (Å²) in [4.78, 5) is 22.7. The van der Waals surface area contributed by atoms with Gasteiger partial charge in [-0.05, 0) is 13.0 Å². The lowest BCUT2D eigenvalue weighted by Gasteiger charge is -2.06. The van der Waals surface area contributed by atoms with Crippen LogP contribution in [0.2, 0.25) is 5.02 Å². The summed E-state index contributed by atoms with van der Waals surface area (Å²) in [6.07, 6.45) is 0. The number of carbonyl (C=O) groups excluding carboxylic acids is 2. The molecule has 1 aromatic carbocycles. The molecule has 0 aliphatic rings. The van der Waals surface area contributed by atoms with E-state index in [4.69, 9.17) is 16.3 Å². The summed E-state index contributed by atoms with van der Waals surface area (Å²) in [6.45, 7) is 1.57. The van der Waals surface area contributed by atoms with Gasteiger partial charge in [-0.25, -0.2) is 9.18 Å². The van der Waals surface area contributed by atoms with E-state index in [1.807, 2.05) is 0 Å². The van der Waals surface area contributed by atoms with Crippen molar-refractivity contribution >= 4 is 23.4 Å².